The molecule has 0 aromatic heterocycles. The number of hydrogen-bond acceptors (Lipinski definition) is 3. The Balaban J connectivity index is 1.49. The highest BCUT2D eigenvalue weighted by molar-refractivity contribution is 9.10. The van der Waals surface area contributed by atoms with Gasteiger partial charge in [0.25, 0.3) is 0 Å². The van der Waals surface area contributed by atoms with Crippen LogP contribution in [0.5, 0.6) is 0 Å². The number of barbiturate groups is 1. The van der Waals surface area contributed by atoms with Crippen LogP contribution in [0.25, 0.3) is 0 Å². The zero-order chi connectivity index (χ0) is 18.1. The number of rotatable bonds is 2. The Bertz CT molecular complexity index is 779. The van der Waals surface area contributed by atoms with Gasteiger partial charge in [0.2, 0.25) is 11.8 Å². The van der Waals surface area contributed by atoms with Gasteiger partial charge >= 0.3 is 6.03 Å². The quantitative estimate of drug-likeness (QED) is 0.743. The Morgan fingerprint density at radius 3 is 2.15 bits per heavy atom. The van der Waals surface area contributed by atoms with Crippen LogP contribution in [0.15, 0.2) is 22.7 Å². The van der Waals surface area contributed by atoms with Gasteiger partial charge in [0.05, 0.1) is 5.69 Å². The summed E-state index contributed by atoms with van der Waals surface area (Å²) in [7, 11) is 0. The second kappa shape index (κ2) is 5.65. The largest absolute Gasteiger partial charge is 0.335 e. The van der Waals surface area contributed by atoms with E-state index in [9.17, 15) is 14.4 Å². The number of benzene rings is 1. The normalized spacial score (nSPS) is 35.8. The number of hydrogen-bond donors (Lipinski definition) is 1. The van der Waals surface area contributed by atoms with Crippen molar-refractivity contribution in [2.45, 2.75) is 50.4 Å². The van der Waals surface area contributed by atoms with Crippen molar-refractivity contribution in [1.29, 1.82) is 0 Å². The van der Waals surface area contributed by atoms with Crippen LogP contribution in [-0.2, 0) is 15.0 Å². The number of carbonyl (C=O) groups is 3. The van der Waals surface area contributed by atoms with Crippen molar-refractivity contribution in [2.24, 2.45) is 17.8 Å². The number of nitrogens with one attached hydrogen (secondary N) is 1. The van der Waals surface area contributed by atoms with Crippen LogP contribution in [0.4, 0.5) is 10.5 Å². The molecule has 26 heavy (non-hydrogen) atoms. The van der Waals surface area contributed by atoms with E-state index in [0.717, 1.165) is 27.1 Å². The summed E-state index contributed by atoms with van der Waals surface area (Å²) in [5, 5.41) is 2.22. The van der Waals surface area contributed by atoms with Crippen LogP contribution in [0, 0.1) is 17.8 Å². The number of urea groups is 1. The molecule has 5 fully saturated rings. The van der Waals surface area contributed by atoms with Crippen molar-refractivity contribution >= 4 is 39.5 Å². The summed E-state index contributed by atoms with van der Waals surface area (Å²) in [6.45, 7) is 0. The van der Waals surface area contributed by atoms with Crippen molar-refractivity contribution in [1.82, 2.24) is 5.32 Å². The smallest absolute Gasteiger partial charge is 0.277 e. The first-order valence-electron chi connectivity index (χ1n) is 9.40. The standard InChI is InChI=1S/C20H21BrN2O3/c21-15-6-14(20-8-11-3-12(9-20)5-13(4-11)10-20)1-2-16(15)23-18(25)7-17(24)22-19(23)26/h1-2,6,11-13H,3-5,7-10H2,(H,22,24,26). The number of amides is 4. The lowest BCUT2D eigenvalue weighted by Gasteiger charge is -2.57. The van der Waals surface area contributed by atoms with Crippen molar-refractivity contribution in [3.8, 4) is 0 Å². The first kappa shape index (κ1) is 16.5. The van der Waals surface area contributed by atoms with E-state index in [-0.39, 0.29) is 11.8 Å². The molecule has 6 heteroatoms. The molecule has 6 rings (SSSR count). The molecule has 5 nitrogen and oxygen atoms in total. The number of anilines is 1. The Labute approximate surface area is 160 Å². The number of carbonyl (C=O) groups excluding carboxylic acids is 3. The molecule has 5 aliphatic rings. The van der Waals surface area contributed by atoms with E-state index < -0.39 is 17.8 Å². The highest BCUT2D eigenvalue weighted by Crippen LogP contribution is 2.61. The van der Waals surface area contributed by atoms with Crippen molar-refractivity contribution in [3.05, 3.63) is 28.2 Å². The van der Waals surface area contributed by atoms with E-state index in [1.54, 1.807) is 0 Å². The van der Waals surface area contributed by atoms with Gasteiger partial charge in [-0.25, -0.2) is 9.69 Å². The third-order valence-electron chi connectivity index (χ3n) is 6.85. The Morgan fingerprint density at radius 2 is 1.62 bits per heavy atom. The summed E-state index contributed by atoms with van der Waals surface area (Å²) < 4.78 is 0.739. The molecule has 1 aliphatic heterocycles. The first-order chi connectivity index (χ1) is 12.4. The number of imide groups is 2. The minimum Gasteiger partial charge on any atom is -0.277 e. The molecular weight excluding hydrogens is 396 g/mol. The Morgan fingerprint density at radius 1 is 1.00 bits per heavy atom. The lowest BCUT2D eigenvalue weighted by Crippen LogP contribution is -2.53. The molecule has 4 saturated carbocycles. The second-order valence-corrected chi connectivity index (χ2v) is 9.48. The molecule has 4 bridgehead atoms. The molecule has 0 atom stereocenters. The molecular formula is C20H21BrN2O3. The molecule has 1 aromatic carbocycles. The van der Waals surface area contributed by atoms with E-state index in [0.29, 0.717) is 5.69 Å². The van der Waals surface area contributed by atoms with Gasteiger partial charge in [0.1, 0.15) is 6.42 Å². The zero-order valence-corrected chi connectivity index (χ0v) is 16.0. The highest BCUT2D eigenvalue weighted by Gasteiger charge is 2.51. The molecule has 1 saturated heterocycles. The highest BCUT2D eigenvalue weighted by atomic mass is 79.9. The fraction of sp³-hybridized carbons (Fsp3) is 0.550. The van der Waals surface area contributed by atoms with Crippen LogP contribution in [0.1, 0.15) is 50.5 Å². The molecule has 0 radical (unpaired) electrons. The fourth-order valence-electron chi connectivity index (χ4n) is 6.28. The maximum atomic E-state index is 12.2. The first-order valence-corrected chi connectivity index (χ1v) is 10.2. The fourth-order valence-corrected chi connectivity index (χ4v) is 6.83. The molecule has 1 heterocycles. The van der Waals surface area contributed by atoms with E-state index in [2.05, 4.69) is 33.4 Å². The molecule has 1 aromatic rings. The van der Waals surface area contributed by atoms with Gasteiger partial charge in [-0.2, -0.15) is 0 Å². The summed E-state index contributed by atoms with van der Waals surface area (Å²) in [4.78, 5) is 36.8. The lowest BCUT2D eigenvalue weighted by molar-refractivity contribution is -0.128. The van der Waals surface area contributed by atoms with Crippen LogP contribution in [0.3, 0.4) is 0 Å². The van der Waals surface area contributed by atoms with Crippen molar-refractivity contribution < 1.29 is 14.4 Å². The van der Waals surface area contributed by atoms with Gasteiger partial charge in [-0.1, -0.05) is 6.07 Å². The SMILES string of the molecule is O=C1CC(=O)N(c2ccc(C34CC5CC(CC(C5)C3)C4)cc2Br)C(=O)N1. The second-order valence-electron chi connectivity index (χ2n) is 8.62. The summed E-state index contributed by atoms with van der Waals surface area (Å²) in [5.74, 6) is 1.56. The third-order valence-corrected chi connectivity index (χ3v) is 7.48. The molecule has 0 spiro atoms. The minimum absolute atomic E-state index is 0.264. The summed E-state index contributed by atoms with van der Waals surface area (Å²) in [5.41, 5.74) is 2.10. The van der Waals surface area contributed by atoms with Gasteiger partial charge in [0, 0.05) is 4.47 Å². The molecule has 0 unspecified atom stereocenters. The molecule has 4 amide bonds. The van der Waals surface area contributed by atoms with E-state index in [1.807, 2.05) is 6.07 Å². The zero-order valence-electron chi connectivity index (χ0n) is 14.5. The van der Waals surface area contributed by atoms with Gasteiger partial charge in [-0.05, 0) is 95.3 Å². The molecule has 4 aliphatic carbocycles. The number of halogens is 1. The topological polar surface area (TPSA) is 66.5 Å². The lowest BCUT2D eigenvalue weighted by atomic mass is 9.48. The van der Waals surface area contributed by atoms with Gasteiger partial charge in [-0.15, -0.1) is 0 Å². The van der Waals surface area contributed by atoms with E-state index in [4.69, 9.17) is 0 Å². The monoisotopic (exact) mass is 416 g/mol. The average Bonchev–Trinajstić information content (AvgIpc) is 2.54. The predicted octanol–water partition coefficient (Wildman–Crippen LogP) is 3.89. The summed E-state index contributed by atoms with van der Waals surface area (Å²) in [6.07, 6.45) is 7.70. The average molecular weight is 417 g/mol. The van der Waals surface area contributed by atoms with Crippen LogP contribution in [0.2, 0.25) is 0 Å². The summed E-state index contributed by atoms with van der Waals surface area (Å²) in [6, 6.07) is 5.36. The minimum atomic E-state index is -0.672. The van der Waals surface area contributed by atoms with Crippen molar-refractivity contribution in [2.75, 3.05) is 4.90 Å². The van der Waals surface area contributed by atoms with Crippen LogP contribution >= 0.6 is 15.9 Å². The van der Waals surface area contributed by atoms with Crippen LogP contribution < -0.4 is 10.2 Å². The van der Waals surface area contributed by atoms with Crippen LogP contribution in [-0.4, -0.2) is 17.8 Å². The Hall–Kier alpha value is -1.69. The van der Waals surface area contributed by atoms with Gasteiger partial charge in [-0.3, -0.25) is 14.9 Å². The van der Waals surface area contributed by atoms with Crippen molar-refractivity contribution in [3.63, 3.8) is 0 Å². The third kappa shape index (κ3) is 2.45. The maximum absolute atomic E-state index is 12.2. The van der Waals surface area contributed by atoms with E-state index in [1.165, 1.54) is 44.1 Å². The number of nitrogens with zero attached hydrogens (tertiary/aromatic N) is 1. The Kier molecular flexibility index (Phi) is 3.58. The molecule has 136 valence electrons. The van der Waals surface area contributed by atoms with Gasteiger partial charge in [0.15, 0.2) is 0 Å². The van der Waals surface area contributed by atoms with Gasteiger partial charge < -0.3 is 0 Å². The molecule has 1 N–H and O–H groups in total. The summed E-state index contributed by atoms with van der Waals surface area (Å²) >= 11 is 3.57. The van der Waals surface area contributed by atoms with E-state index >= 15 is 0 Å². The maximum Gasteiger partial charge on any atom is 0.335 e. The predicted molar refractivity (Wildman–Crippen MR) is 99.6 cm³/mol.